The van der Waals surface area contributed by atoms with Crippen LogP contribution in [0.2, 0.25) is 0 Å². The maximum absolute atomic E-state index is 13.0. The Hall–Kier alpha value is -1.69. The van der Waals surface area contributed by atoms with Crippen molar-refractivity contribution < 1.29 is 13.2 Å². The minimum Gasteiger partial charge on any atom is -0.348 e. The molecule has 6 heteroatoms. The maximum atomic E-state index is 13.0. The summed E-state index contributed by atoms with van der Waals surface area (Å²) in [5.74, 6) is 1.66. The molecule has 3 rings (SSSR count). The first-order valence-electron chi connectivity index (χ1n) is 7.79. The molecule has 2 unspecified atom stereocenters. The first kappa shape index (κ1) is 17.1. The molecule has 2 nitrogen and oxygen atoms in total. The average Bonchev–Trinajstić information content (AvgIpc) is 2.79. The summed E-state index contributed by atoms with van der Waals surface area (Å²) < 4.78 is 39.1. The fourth-order valence-electron chi connectivity index (χ4n) is 3.05. The lowest BCUT2D eigenvalue weighted by molar-refractivity contribution is -0.0889. The number of benzene rings is 1. The van der Waals surface area contributed by atoms with Crippen LogP contribution in [0, 0.1) is 0 Å². The molecule has 1 aliphatic carbocycles. The Balaban J connectivity index is 2.04. The molecule has 0 bridgehead atoms. The second-order valence-corrected chi connectivity index (χ2v) is 7.37. The van der Waals surface area contributed by atoms with E-state index in [1.165, 1.54) is 6.08 Å². The van der Waals surface area contributed by atoms with E-state index in [2.05, 4.69) is 11.9 Å². The van der Waals surface area contributed by atoms with Gasteiger partial charge < -0.3 is 4.90 Å². The number of thioether (sulfide) groups is 1. The lowest BCUT2D eigenvalue weighted by atomic mass is 9.85. The van der Waals surface area contributed by atoms with Gasteiger partial charge in [0.25, 0.3) is 0 Å². The minimum absolute atomic E-state index is 0.543. The summed E-state index contributed by atoms with van der Waals surface area (Å²) in [6, 6.07) is 7.36. The number of rotatable bonds is 3. The Kier molecular flexibility index (Phi) is 4.28. The summed E-state index contributed by atoms with van der Waals surface area (Å²) in [7, 11) is 1.89. The van der Waals surface area contributed by atoms with Crippen molar-refractivity contribution in [2.75, 3.05) is 12.8 Å². The first-order valence-corrected chi connectivity index (χ1v) is 8.78. The van der Waals surface area contributed by atoms with Gasteiger partial charge in [-0.2, -0.15) is 13.2 Å². The molecule has 0 N–H and O–H groups in total. The fourth-order valence-corrected chi connectivity index (χ4v) is 3.85. The van der Waals surface area contributed by atoms with Crippen molar-refractivity contribution in [2.24, 2.45) is 4.99 Å². The lowest BCUT2D eigenvalue weighted by Gasteiger charge is -2.37. The Morgan fingerprint density at radius 1 is 1.29 bits per heavy atom. The van der Waals surface area contributed by atoms with Crippen molar-refractivity contribution >= 4 is 17.6 Å². The van der Waals surface area contributed by atoms with Gasteiger partial charge in [-0.1, -0.05) is 37.3 Å². The summed E-state index contributed by atoms with van der Waals surface area (Å²) in [4.78, 5) is 7.71. The molecule has 0 aromatic heterocycles. The van der Waals surface area contributed by atoms with E-state index in [9.17, 15) is 13.2 Å². The highest BCUT2D eigenvalue weighted by atomic mass is 32.2. The highest BCUT2D eigenvalue weighted by Crippen LogP contribution is 2.40. The zero-order valence-corrected chi connectivity index (χ0v) is 14.6. The number of allylic oxidation sites excluding steroid dienone is 2. The average molecular weight is 352 g/mol. The lowest BCUT2D eigenvalue weighted by Crippen LogP contribution is -2.48. The number of likely N-dealkylation sites (N-methyl/N-ethyl adjacent to an activating group) is 1. The molecule has 0 saturated heterocycles. The van der Waals surface area contributed by atoms with Crippen molar-refractivity contribution in [2.45, 2.75) is 36.5 Å². The van der Waals surface area contributed by atoms with Crippen LogP contribution in [0.5, 0.6) is 0 Å². The number of alkyl halides is 3. The van der Waals surface area contributed by atoms with Crippen LogP contribution in [0.3, 0.4) is 0 Å². The summed E-state index contributed by atoms with van der Waals surface area (Å²) >= 11 is 1.71. The van der Waals surface area contributed by atoms with Gasteiger partial charge in [-0.05, 0) is 24.8 Å². The molecule has 1 aromatic rings. The zero-order chi connectivity index (χ0) is 17.5. The van der Waals surface area contributed by atoms with Gasteiger partial charge in [-0.25, -0.2) is 0 Å². The van der Waals surface area contributed by atoms with E-state index < -0.39 is 23.3 Å². The van der Waals surface area contributed by atoms with Gasteiger partial charge in [-0.15, -0.1) is 11.8 Å². The molecular formula is C18H19F3N2S. The smallest absolute Gasteiger partial charge is 0.348 e. The van der Waals surface area contributed by atoms with E-state index in [0.717, 1.165) is 28.1 Å². The summed E-state index contributed by atoms with van der Waals surface area (Å²) in [5, 5.41) is 0. The number of aliphatic imine (C=N–C) groups is 1. The normalized spacial score (nSPS) is 26.2. The second kappa shape index (κ2) is 5.99. The predicted molar refractivity (Wildman–Crippen MR) is 92.6 cm³/mol. The van der Waals surface area contributed by atoms with E-state index in [4.69, 9.17) is 0 Å². The topological polar surface area (TPSA) is 15.6 Å². The van der Waals surface area contributed by atoms with E-state index in [1.807, 2.05) is 43.1 Å². The second-order valence-electron chi connectivity index (χ2n) is 6.06. The Morgan fingerprint density at radius 2 is 2.00 bits per heavy atom. The molecule has 24 heavy (non-hydrogen) atoms. The molecule has 2 atom stereocenters. The van der Waals surface area contributed by atoms with Gasteiger partial charge in [0.05, 0.1) is 17.2 Å². The molecule has 2 aliphatic rings. The minimum atomic E-state index is -4.34. The fraction of sp³-hybridized carbons (Fsp3) is 0.389. The third-order valence-corrected chi connectivity index (χ3v) is 5.55. The number of fused-ring (bicyclic) bond motifs is 1. The van der Waals surface area contributed by atoms with Crippen molar-refractivity contribution in [1.82, 2.24) is 4.90 Å². The van der Waals surface area contributed by atoms with E-state index in [1.54, 1.807) is 17.8 Å². The Labute approximate surface area is 144 Å². The molecule has 0 spiro atoms. The molecule has 1 aliphatic heterocycles. The van der Waals surface area contributed by atoms with Crippen LogP contribution in [0.15, 0.2) is 58.0 Å². The van der Waals surface area contributed by atoms with Crippen molar-refractivity contribution in [3.05, 3.63) is 53.6 Å². The third kappa shape index (κ3) is 2.77. The standard InChI is InChI=1S/C18H19F3N2S/c1-4-24-14-8-6-5-7-13(14)16-22-15-11-12(18(19,20)21)9-10-17(15,2)23(16)3/h5-11,15H,4H2,1-3H3. The molecule has 1 heterocycles. The molecule has 0 saturated carbocycles. The number of amidine groups is 1. The summed E-state index contributed by atoms with van der Waals surface area (Å²) in [6.07, 6.45) is -0.325. The van der Waals surface area contributed by atoms with Crippen LogP contribution in [-0.2, 0) is 0 Å². The van der Waals surface area contributed by atoms with Crippen LogP contribution < -0.4 is 0 Å². The number of nitrogens with zero attached hydrogens (tertiary/aromatic N) is 2. The SMILES string of the molecule is CCSc1ccccc1C1=NC2C=C(C(F)(F)F)C=CC2(C)N1C. The molecule has 1 aromatic carbocycles. The zero-order valence-electron chi connectivity index (χ0n) is 13.8. The third-order valence-electron chi connectivity index (χ3n) is 4.59. The van der Waals surface area contributed by atoms with Crippen LogP contribution >= 0.6 is 11.8 Å². The Morgan fingerprint density at radius 3 is 2.67 bits per heavy atom. The predicted octanol–water partition coefficient (Wildman–Crippen LogP) is 4.68. The molecule has 128 valence electrons. The largest absolute Gasteiger partial charge is 0.416 e. The molecule has 0 amide bonds. The van der Waals surface area contributed by atoms with Crippen molar-refractivity contribution in [3.63, 3.8) is 0 Å². The van der Waals surface area contributed by atoms with Crippen LogP contribution in [-0.4, -0.2) is 41.3 Å². The van der Waals surface area contributed by atoms with Crippen LogP contribution in [0.4, 0.5) is 13.2 Å². The molecule has 0 radical (unpaired) electrons. The quantitative estimate of drug-likeness (QED) is 0.734. The Bertz CT molecular complexity index is 736. The van der Waals surface area contributed by atoms with E-state index in [0.29, 0.717) is 0 Å². The van der Waals surface area contributed by atoms with Gasteiger partial charge in [0.2, 0.25) is 0 Å². The summed E-state index contributed by atoms with van der Waals surface area (Å²) in [5.41, 5.74) is -0.230. The number of halogens is 3. The van der Waals surface area contributed by atoms with Gasteiger partial charge >= 0.3 is 6.18 Å². The van der Waals surface area contributed by atoms with Gasteiger partial charge in [0, 0.05) is 17.5 Å². The highest BCUT2D eigenvalue weighted by Gasteiger charge is 2.47. The van der Waals surface area contributed by atoms with Crippen molar-refractivity contribution in [3.8, 4) is 0 Å². The van der Waals surface area contributed by atoms with Crippen LogP contribution in [0.1, 0.15) is 19.4 Å². The maximum Gasteiger partial charge on any atom is 0.416 e. The van der Waals surface area contributed by atoms with Gasteiger partial charge in [0.1, 0.15) is 5.84 Å². The van der Waals surface area contributed by atoms with Crippen molar-refractivity contribution in [1.29, 1.82) is 0 Å². The monoisotopic (exact) mass is 352 g/mol. The van der Waals surface area contributed by atoms with E-state index in [-0.39, 0.29) is 0 Å². The van der Waals surface area contributed by atoms with Gasteiger partial charge in [0.15, 0.2) is 0 Å². The van der Waals surface area contributed by atoms with Gasteiger partial charge in [-0.3, -0.25) is 4.99 Å². The number of hydrogen-bond acceptors (Lipinski definition) is 3. The summed E-state index contributed by atoms with van der Waals surface area (Å²) in [6.45, 7) is 3.99. The molecule has 0 fully saturated rings. The van der Waals surface area contributed by atoms with E-state index >= 15 is 0 Å². The van der Waals surface area contributed by atoms with Crippen LogP contribution in [0.25, 0.3) is 0 Å². The first-order chi connectivity index (χ1) is 11.3. The highest BCUT2D eigenvalue weighted by molar-refractivity contribution is 7.99. The molecular weight excluding hydrogens is 333 g/mol. The number of hydrogen-bond donors (Lipinski definition) is 0.